The molecule has 0 aromatic heterocycles. The maximum atomic E-state index is 13.0. The molecule has 1 heterocycles. The molecule has 2 fully saturated rings. The van der Waals surface area contributed by atoms with Gasteiger partial charge in [0.1, 0.15) is 30.0 Å². The van der Waals surface area contributed by atoms with Gasteiger partial charge in [0.05, 0.1) is 39.0 Å². The van der Waals surface area contributed by atoms with E-state index in [4.69, 9.17) is 29.2 Å². The van der Waals surface area contributed by atoms with Crippen molar-refractivity contribution in [3.05, 3.63) is 154 Å². The molecule has 4 unspecified atom stereocenters. The topological polar surface area (TPSA) is 112 Å². The molecular weight excluding hydrogens is 582 g/mol. The molecule has 0 radical (unpaired) electrons. The third-order valence-electron chi connectivity index (χ3n) is 8.47. The van der Waals surface area contributed by atoms with Crippen LogP contribution in [0.3, 0.4) is 0 Å². The second-order valence-electron chi connectivity index (χ2n) is 11.6. The number of azide groups is 1. The molecule has 236 valence electrons. The van der Waals surface area contributed by atoms with Crippen LogP contribution in [0.2, 0.25) is 0 Å². The summed E-state index contributed by atoms with van der Waals surface area (Å²) in [6.07, 6.45) is -2.23. The summed E-state index contributed by atoms with van der Waals surface area (Å²) < 4.78 is 33.1. The lowest BCUT2D eigenvalue weighted by atomic mass is 9.91. The molecule has 0 bridgehead atoms. The van der Waals surface area contributed by atoms with E-state index in [1.807, 2.05) is 121 Å². The van der Waals surface area contributed by atoms with Gasteiger partial charge in [0, 0.05) is 4.91 Å². The van der Waals surface area contributed by atoms with E-state index in [9.17, 15) is 4.79 Å². The third kappa shape index (κ3) is 7.71. The van der Waals surface area contributed by atoms with E-state index >= 15 is 0 Å². The Bertz CT molecular complexity index is 1590. The largest absolute Gasteiger partial charge is 0.374 e. The van der Waals surface area contributed by atoms with Gasteiger partial charge in [-0.05, 0) is 39.3 Å². The number of hydrogen-bond donors (Lipinski definition) is 0. The molecule has 0 N–H and O–H groups in total. The number of hydrogen-bond acceptors (Lipinski definition) is 6. The lowest BCUT2D eigenvalue weighted by Gasteiger charge is -2.47. The molecule has 1 aliphatic carbocycles. The van der Waals surface area contributed by atoms with E-state index in [-0.39, 0.29) is 13.2 Å². The van der Waals surface area contributed by atoms with Gasteiger partial charge in [-0.15, -0.1) is 0 Å². The molecule has 1 saturated carbocycles. The lowest BCUT2D eigenvalue weighted by Crippen LogP contribution is -2.63. The molecule has 1 aliphatic heterocycles. The Morgan fingerprint density at radius 2 is 1.15 bits per heavy atom. The van der Waals surface area contributed by atoms with Gasteiger partial charge in [-0.1, -0.05) is 121 Å². The SMILES string of the molecule is [N-]=[N+]=NC(=O)C1C[C@]12OC(COCc1ccccc1)[C@@H](OCc1ccccc1)C(OCc1ccccc1)C2OCc1ccccc1. The first-order chi connectivity index (χ1) is 22.7. The van der Waals surface area contributed by atoms with Crippen molar-refractivity contribution in [2.75, 3.05) is 6.61 Å². The van der Waals surface area contributed by atoms with Gasteiger partial charge in [0.15, 0.2) is 0 Å². The minimum Gasteiger partial charge on any atom is -0.374 e. The predicted molar refractivity (Wildman–Crippen MR) is 171 cm³/mol. The van der Waals surface area contributed by atoms with Crippen LogP contribution in [-0.2, 0) is 54.9 Å². The Labute approximate surface area is 268 Å². The second kappa shape index (κ2) is 15.3. The van der Waals surface area contributed by atoms with Gasteiger partial charge in [-0.3, -0.25) is 4.79 Å². The third-order valence-corrected chi connectivity index (χ3v) is 8.47. The molecule has 46 heavy (non-hydrogen) atoms. The standard InChI is InChI=1S/C37H37N3O6/c38-40-39-36(41)31-21-37(31)35(45-25-30-19-11-4-12-20-30)34(44-24-29-17-9-3-10-18-29)33(43-23-28-15-7-2-8-16-28)32(46-37)26-42-22-27-13-5-1-6-14-27/h1-20,31-35H,21-26H2/t31?,32?,33-,34?,35?,37+/m1/s1. The van der Waals surface area contributed by atoms with Crippen LogP contribution in [0.5, 0.6) is 0 Å². The summed E-state index contributed by atoms with van der Waals surface area (Å²) in [7, 11) is 0. The Balaban J connectivity index is 1.33. The van der Waals surface area contributed by atoms with Gasteiger partial charge in [-0.25, -0.2) is 0 Å². The highest BCUT2D eigenvalue weighted by Gasteiger charge is 2.71. The van der Waals surface area contributed by atoms with Gasteiger partial charge in [-0.2, -0.15) is 0 Å². The Morgan fingerprint density at radius 1 is 0.696 bits per heavy atom. The minimum atomic E-state index is -1.07. The summed E-state index contributed by atoms with van der Waals surface area (Å²) >= 11 is 0. The zero-order valence-electron chi connectivity index (χ0n) is 25.5. The van der Waals surface area contributed by atoms with Gasteiger partial charge in [0.2, 0.25) is 5.91 Å². The van der Waals surface area contributed by atoms with Crippen LogP contribution in [0.15, 0.2) is 126 Å². The molecule has 2 aliphatic rings. The molecule has 9 heteroatoms. The average molecular weight is 620 g/mol. The minimum absolute atomic E-state index is 0.190. The quantitative estimate of drug-likeness (QED) is 0.0858. The summed E-state index contributed by atoms with van der Waals surface area (Å²) in [6, 6.07) is 39.5. The van der Waals surface area contributed by atoms with Gasteiger partial charge < -0.3 is 23.7 Å². The van der Waals surface area contributed by atoms with Crippen molar-refractivity contribution in [3.63, 3.8) is 0 Å². The highest BCUT2D eigenvalue weighted by Crippen LogP contribution is 2.56. The number of nitrogens with zero attached hydrogens (tertiary/aromatic N) is 3. The van der Waals surface area contributed by atoms with Crippen LogP contribution in [-0.4, -0.2) is 42.5 Å². The Morgan fingerprint density at radius 3 is 1.65 bits per heavy atom. The number of carbonyl (C=O) groups is 1. The highest BCUT2D eigenvalue weighted by atomic mass is 16.6. The summed E-state index contributed by atoms with van der Waals surface area (Å²) in [6.45, 7) is 1.45. The fourth-order valence-corrected chi connectivity index (χ4v) is 6.10. The van der Waals surface area contributed by atoms with Crippen molar-refractivity contribution in [2.45, 2.75) is 62.9 Å². The number of benzene rings is 4. The highest BCUT2D eigenvalue weighted by molar-refractivity contribution is 5.84. The lowest BCUT2D eigenvalue weighted by molar-refractivity contribution is -0.284. The first-order valence-corrected chi connectivity index (χ1v) is 15.5. The molecule has 1 amide bonds. The summed E-state index contributed by atoms with van der Waals surface area (Å²) in [5.74, 6) is -1.26. The monoisotopic (exact) mass is 619 g/mol. The molecule has 4 aromatic rings. The number of rotatable bonds is 14. The van der Waals surface area contributed by atoms with Crippen molar-refractivity contribution >= 4 is 5.91 Å². The zero-order valence-corrected chi connectivity index (χ0v) is 25.5. The van der Waals surface area contributed by atoms with Gasteiger partial charge >= 0.3 is 0 Å². The molecule has 6 rings (SSSR count). The zero-order chi connectivity index (χ0) is 31.6. The average Bonchev–Trinajstić information content (AvgIpc) is 3.82. The summed E-state index contributed by atoms with van der Waals surface area (Å²) in [5, 5.41) is 3.43. The van der Waals surface area contributed by atoms with Crippen LogP contribution in [0.1, 0.15) is 28.7 Å². The number of amides is 1. The second-order valence-corrected chi connectivity index (χ2v) is 11.6. The molecule has 4 aromatic carbocycles. The Kier molecular flexibility index (Phi) is 10.5. The number of carbonyl (C=O) groups excluding carboxylic acids is 1. The van der Waals surface area contributed by atoms with E-state index in [0.717, 1.165) is 22.3 Å². The number of ether oxygens (including phenoxy) is 5. The maximum absolute atomic E-state index is 13.0. The summed E-state index contributed by atoms with van der Waals surface area (Å²) in [4.78, 5) is 15.8. The first-order valence-electron chi connectivity index (χ1n) is 15.5. The molecule has 6 atom stereocenters. The van der Waals surface area contributed by atoms with E-state index in [1.54, 1.807) is 0 Å². The smallest absolute Gasteiger partial charge is 0.225 e. The fraction of sp³-hybridized carbons (Fsp3) is 0.324. The normalized spacial score (nSPS) is 25.1. The Hall–Kier alpha value is -4.34. The maximum Gasteiger partial charge on any atom is 0.225 e. The van der Waals surface area contributed by atoms with E-state index < -0.39 is 41.8 Å². The van der Waals surface area contributed by atoms with Crippen molar-refractivity contribution in [2.24, 2.45) is 11.0 Å². The molecule has 1 saturated heterocycles. The van der Waals surface area contributed by atoms with Crippen LogP contribution < -0.4 is 0 Å². The van der Waals surface area contributed by atoms with Crippen LogP contribution >= 0.6 is 0 Å². The van der Waals surface area contributed by atoms with Crippen molar-refractivity contribution in [3.8, 4) is 0 Å². The van der Waals surface area contributed by atoms with E-state index in [0.29, 0.717) is 26.2 Å². The van der Waals surface area contributed by atoms with E-state index in [1.165, 1.54) is 0 Å². The fourth-order valence-electron chi connectivity index (χ4n) is 6.10. The molecular formula is C37H37N3O6. The van der Waals surface area contributed by atoms with Gasteiger partial charge in [0.25, 0.3) is 0 Å². The van der Waals surface area contributed by atoms with Crippen LogP contribution in [0.25, 0.3) is 10.4 Å². The van der Waals surface area contributed by atoms with Crippen LogP contribution in [0.4, 0.5) is 0 Å². The predicted octanol–water partition coefficient (Wildman–Crippen LogP) is 6.95. The van der Waals surface area contributed by atoms with Crippen molar-refractivity contribution in [1.29, 1.82) is 0 Å². The van der Waals surface area contributed by atoms with Crippen LogP contribution in [0, 0.1) is 5.92 Å². The molecule has 9 nitrogen and oxygen atoms in total. The molecule has 1 spiro atoms. The van der Waals surface area contributed by atoms with E-state index in [2.05, 4.69) is 10.0 Å². The van der Waals surface area contributed by atoms with Crippen molar-refractivity contribution in [1.82, 2.24) is 0 Å². The van der Waals surface area contributed by atoms with Crippen molar-refractivity contribution < 1.29 is 28.5 Å². The first kappa shape index (κ1) is 31.6. The summed E-state index contributed by atoms with van der Waals surface area (Å²) in [5.41, 5.74) is 12.0.